The number of hydrogen-bond acceptors (Lipinski definition) is 2. The maximum Gasteiger partial charge on any atom is 0.0630 e. The van der Waals surface area contributed by atoms with Crippen LogP contribution in [0.15, 0.2) is 0 Å². The van der Waals surface area contributed by atoms with E-state index in [4.69, 9.17) is 16.9 Å². The van der Waals surface area contributed by atoms with Crippen molar-refractivity contribution in [1.29, 1.82) is 5.26 Å². The Bertz CT molecular complexity index is 79.0. The Morgan fingerprint density at radius 3 is 2.75 bits per heavy atom. The molecule has 0 rings (SSSR count). The highest BCUT2D eigenvalue weighted by Gasteiger charge is 1.83. The molecule has 0 aromatic rings. The Hall–Kier alpha value is 0.130. The maximum absolute atomic E-state index is 8.07. The Morgan fingerprint density at radius 2 is 2.25 bits per heavy atom. The van der Waals surface area contributed by atoms with E-state index in [2.05, 4.69) is 6.07 Å². The Balaban J connectivity index is 2.65. The first-order valence-electron chi connectivity index (χ1n) is 2.42. The van der Waals surface area contributed by atoms with Gasteiger partial charge in [-0.2, -0.15) is 17.0 Å². The SMILES string of the molecule is N#CCCSCCCl. The molecule has 0 heterocycles. The van der Waals surface area contributed by atoms with Crippen LogP contribution >= 0.6 is 23.4 Å². The zero-order valence-electron chi connectivity index (χ0n) is 4.56. The van der Waals surface area contributed by atoms with Gasteiger partial charge in [-0.3, -0.25) is 0 Å². The van der Waals surface area contributed by atoms with Crippen LogP contribution in [-0.2, 0) is 0 Å². The smallest absolute Gasteiger partial charge is 0.0630 e. The molecule has 0 aromatic heterocycles. The van der Waals surface area contributed by atoms with Crippen LogP contribution in [0.3, 0.4) is 0 Å². The van der Waals surface area contributed by atoms with Gasteiger partial charge in [-0.25, -0.2) is 0 Å². The standard InChI is InChI=1S/C5H8ClNS/c6-2-5-8-4-1-3-7/h1-2,4-5H2. The highest BCUT2D eigenvalue weighted by molar-refractivity contribution is 7.99. The summed E-state index contributed by atoms with van der Waals surface area (Å²) in [6.45, 7) is 0. The first-order valence-corrected chi connectivity index (χ1v) is 4.11. The van der Waals surface area contributed by atoms with Crippen LogP contribution in [0.25, 0.3) is 0 Å². The number of nitriles is 1. The predicted molar refractivity (Wildman–Crippen MR) is 38.3 cm³/mol. The van der Waals surface area contributed by atoms with E-state index in [1.54, 1.807) is 11.8 Å². The molecule has 46 valence electrons. The van der Waals surface area contributed by atoms with E-state index >= 15 is 0 Å². The van der Waals surface area contributed by atoms with Gasteiger partial charge in [-0.1, -0.05) is 0 Å². The van der Waals surface area contributed by atoms with Gasteiger partial charge in [0.2, 0.25) is 0 Å². The molecule has 0 radical (unpaired) electrons. The molecule has 0 bridgehead atoms. The Morgan fingerprint density at radius 1 is 1.50 bits per heavy atom. The molecule has 0 unspecified atom stereocenters. The molecule has 0 N–H and O–H groups in total. The van der Waals surface area contributed by atoms with Gasteiger partial charge < -0.3 is 0 Å². The highest BCUT2D eigenvalue weighted by Crippen LogP contribution is 2.01. The molecule has 3 heteroatoms. The fraction of sp³-hybridized carbons (Fsp3) is 0.800. The molecule has 0 saturated carbocycles. The van der Waals surface area contributed by atoms with Crippen molar-refractivity contribution in [3.8, 4) is 6.07 Å². The van der Waals surface area contributed by atoms with Crippen LogP contribution in [0, 0.1) is 11.3 Å². The minimum Gasteiger partial charge on any atom is -0.198 e. The molecular weight excluding hydrogens is 142 g/mol. The van der Waals surface area contributed by atoms with E-state index in [1.165, 1.54) is 0 Å². The van der Waals surface area contributed by atoms with Crippen LogP contribution in [0.5, 0.6) is 0 Å². The molecule has 1 nitrogen and oxygen atoms in total. The number of nitrogens with zero attached hydrogens (tertiary/aromatic N) is 1. The summed E-state index contributed by atoms with van der Waals surface area (Å²) in [5.41, 5.74) is 0. The Labute approximate surface area is 59.0 Å². The second-order valence-electron chi connectivity index (χ2n) is 1.21. The summed E-state index contributed by atoms with van der Waals surface area (Å²) in [6, 6.07) is 2.06. The number of halogens is 1. The van der Waals surface area contributed by atoms with Crippen molar-refractivity contribution in [3.63, 3.8) is 0 Å². The Kier molecular flexibility index (Phi) is 7.25. The molecule has 0 saturated heterocycles. The van der Waals surface area contributed by atoms with Crippen LogP contribution in [0.2, 0.25) is 0 Å². The lowest BCUT2D eigenvalue weighted by Crippen LogP contribution is -1.81. The third-order valence-corrected chi connectivity index (χ3v) is 1.98. The van der Waals surface area contributed by atoms with E-state index in [0.717, 1.165) is 11.5 Å². The van der Waals surface area contributed by atoms with E-state index < -0.39 is 0 Å². The van der Waals surface area contributed by atoms with Crippen LogP contribution in [0.1, 0.15) is 6.42 Å². The van der Waals surface area contributed by atoms with Crippen molar-refractivity contribution in [1.82, 2.24) is 0 Å². The van der Waals surface area contributed by atoms with E-state index in [9.17, 15) is 0 Å². The summed E-state index contributed by atoms with van der Waals surface area (Å²) in [5.74, 6) is 2.57. The second-order valence-corrected chi connectivity index (χ2v) is 2.81. The average Bonchev–Trinajstić information content (AvgIpc) is 1.81. The van der Waals surface area contributed by atoms with E-state index in [0.29, 0.717) is 12.3 Å². The highest BCUT2D eigenvalue weighted by atomic mass is 35.5. The largest absolute Gasteiger partial charge is 0.198 e. The summed E-state index contributed by atoms with van der Waals surface area (Å²) >= 11 is 7.10. The van der Waals surface area contributed by atoms with Crippen molar-refractivity contribution in [2.24, 2.45) is 0 Å². The van der Waals surface area contributed by atoms with Crippen molar-refractivity contribution < 1.29 is 0 Å². The minimum absolute atomic E-state index is 0.640. The molecule has 0 spiro atoms. The zero-order valence-corrected chi connectivity index (χ0v) is 6.13. The van der Waals surface area contributed by atoms with Crippen LogP contribution in [-0.4, -0.2) is 17.4 Å². The van der Waals surface area contributed by atoms with E-state index in [1.807, 2.05) is 0 Å². The predicted octanol–water partition coefficient (Wildman–Crippen LogP) is 1.87. The lowest BCUT2D eigenvalue weighted by atomic mass is 10.6. The van der Waals surface area contributed by atoms with Gasteiger partial charge in [0.25, 0.3) is 0 Å². The van der Waals surface area contributed by atoms with Crippen LogP contribution < -0.4 is 0 Å². The number of hydrogen-bond donors (Lipinski definition) is 0. The van der Waals surface area contributed by atoms with Crippen molar-refractivity contribution in [2.45, 2.75) is 6.42 Å². The third-order valence-electron chi connectivity index (χ3n) is 0.580. The number of rotatable bonds is 4. The fourth-order valence-electron chi connectivity index (χ4n) is 0.274. The van der Waals surface area contributed by atoms with Gasteiger partial charge in [-0.05, 0) is 0 Å². The molecule has 0 fully saturated rings. The van der Waals surface area contributed by atoms with Crippen molar-refractivity contribution in [3.05, 3.63) is 0 Å². The van der Waals surface area contributed by atoms with Gasteiger partial charge in [0.15, 0.2) is 0 Å². The summed E-state index contributed by atoms with van der Waals surface area (Å²) in [6.07, 6.45) is 0.640. The van der Waals surface area contributed by atoms with E-state index in [-0.39, 0.29) is 0 Å². The molecule has 0 aliphatic rings. The van der Waals surface area contributed by atoms with Gasteiger partial charge in [-0.15, -0.1) is 11.6 Å². The molecule has 0 aromatic carbocycles. The molecule has 0 aliphatic heterocycles. The lowest BCUT2D eigenvalue weighted by Gasteiger charge is -1.89. The summed E-state index contributed by atoms with van der Waals surface area (Å²) in [4.78, 5) is 0. The van der Waals surface area contributed by atoms with Gasteiger partial charge in [0.05, 0.1) is 6.07 Å². The fourth-order valence-corrected chi connectivity index (χ4v) is 1.15. The molecule has 8 heavy (non-hydrogen) atoms. The second kappa shape index (κ2) is 7.13. The molecule has 0 aliphatic carbocycles. The van der Waals surface area contributed by atoms with Gasteiger partial charge in [0, 0.05) is 23.8 Å². The van der Waals surface area contributed by atoms with Gasteiger partial charge >= 0.3 is 0 Å². The average molecular weight is 150 g/mol. The molecule has 0 amide bonds. The minimum atomic E-state index is 0.640. The first kappa shape index (κ1) is 8.13. The monoisotopic (exact) mass is 149 g/mol. The normalized spacial score (nSPS) is 8.50. The molecule has 0 atom stereocenters. The van der Waals surface area contributed by atoms with Crippen molar-refractivity contribution >= 4 is 23.4 Å². The topological polar surface area (TPSA) is 23.8 Å². The maximum atomic E-state index is 8.07. The number of thioether (sulfide) groups is 1. The quantitative estimate of drug-likeness (QED) is 0.450. The van der Waals surface area contributed by atoms with Gasteiger partial charge in [0.1, 0.15) is 0 Å². The lowest BCUT2D eigenvalue weighted by molar-refractivity contribution is 1.24. The van der Waals surface area contributed by atoms with Crippen LogP contribution in [0.4, 0.5) is 0 Å². The third kappa shape index (κ3) is 6.13. The summed E-state index contributed by atoms with van der Waals surface area (Å²) in [5, 5.41) is 8.07. The number of alkyl halides is 1. The first-order chi connectivity index (χ1) is 3.91. The van der Waals surface area contributed by atoms with Crippen molar-refractivity contribution in [2.75, 3.05) is 17.4 Å². The summed E-state index contributed by atoms with van der Waals surface area (Å²) in [7, 11) is 0. The zero-order chi connectivity index (χ0) is 6.24. The summed E-state index contributed by atoms with van der Waals surface area (Å²) < 4.78 is 0. The molecular formula is C5H8ClNS.